The number of aliphatic hydroxyl groups is 1. The van der Waals surface area contributed by atoms with Crippen LogP contribution in [0.25, 0.3) is 0 Å². The van der Waals surface area contributed by atoms with Crippen molar-refractivity contribution in [3.8, 4) is 0 Å². The van der Waals surface area contributed by atoms with Crippen LogP contribution < -0.4 is 4.90 Å². The number of aromatic nitrogens is 2. The second-order valence-corrected chi connectivity index (χ2v) is 7.44. The van der Waals surface area contributed by atoms with Crippen molar-refractivity contribution in [1.82, 2.24) is 14.9 Å². The van der Waals surface area contributed by atoms with Crippen LogP contribution in [0.15, 0.2) is 6.07 Å². The van der Waals surface area contributed by atoms with Gasteiger partial charge >= 0.3 is 0 Å². The van der Waals surface area contributed by atoms with Crippen LogP contribution in [0.4, 0.5) is 5.82 Å². The van der Waals surface area contributed by atoms with E-state index >= 15 is 0 Å². The summed E-state index contributed by atoms with van der Waals surface area (Å²) in [5.41, 5.74) is 1.13. The Hall–Kier alpha value is -1.20. The Morgan fingerprint density at radius 2 is 2.13 bits per heavy atom. The first kappa shape index (κ1) is 16.7. The largest absolute Gasteiger partial charge is 0.392 e. The van der Waals surface area contributed by atoms with E-state index < -0.39 is 0 Å². The van der Waals surface area contributed by atoms with Gasteiger partial charge in [0.15, 0.2) is 0 Å². The standard InChI is InChI=1S/C18H30N4O/c1-4-6-15-11-17(20-14(2)19-15)22-9-5-8-18(13-22)12-21(3)10-7-16(18)23/h11,16,23H,4-10,12-13H2,1-3H3/t16-,18-/m0/s1. The van der Waals surface area contributed by atoms with Crippen molar-refractivity contribution < 1.29 is 5.11 Å². The summed E-state index contributed by atoms with van der Waals surface area (Å²) >= 11 is 0. The van der Waals surface area contributed by atoms with E-state index in [1.807, 2.05) is 6.92 Å². The molecule has 1 N–H and O–H groups in total. The van der Waals surface area contributed by atoms with Gasteiger partial charge in [-0.2, -0.15) is 0 Å². The predicted molar refractivity (Wildman–Crippen MR) is 92.8 cm³/mol. The van der Waals surface area contributed by atoms with Crippen molar-refractivity contribution in [1.29, 1.82) is 0 Å². The van der Waals surface area contributed by atoms with E-state index in [2.05, 4.69) is 39.8 Å². The van der Waals surface area contributed by atoms with Gasteiger partial charge in [-0.05, 0) is 39.7 Å². The number of anilines is 1. The quantitative estimate of drug-likeness (QED) is 0.924. The zero-order chi connectivity index (χ0) is 16.4. The van der Waals surface area contributed by atoms with Crippen LogP contribution in [0.3, 0.4) is 0 Å². The first-order valence-corrected chi connectivity index (χ1v) is 8.98. The molecule has 0 radical (unpaired) electrons. The lowest BCUT2D eigenvalue weighted by atomic mass is 9.71. The van der Waals surface area contributed by atoms with Crippen LogP contribution in [0.2, 0.25) is 0 Å². The fourth-order valence-corrected chi connectivity index (χ4v) is 4.29. The molecule has 5 nitrogen and oxygen atoms in total. The van der Waals surface area contributed by atoms with E-state index in [1.165, 1.54) is 0 Å². The van der Waals surface area contributed by atoms with Crippen LogP contribution in [-0.2, 0) is 6.42 Å². The molecule has 1 aromatic rings. The second kappa shape index (κ2) is 6.73. The Kier molecular flexibility index (Phi) is 4.87. The molecule has 3 rings (SSSR count). The van der Waals surface area contributed by atoms with Gasteiger partial charge in [0.05, 0.1) is 6.10 Å². The van der Waals surface area contributed by atoms with E-state index in [1.54, 1.807) is 0 Å². The van der Waals surface area contributed by atoms with E-state index in [9.17, 15) is 5.11 Å². The molecule has 1 aromatic heterocycles. The van der Waals surface area contributed by atoms with Gasteiger partial charge in [0.25, 0.3) is 0 Å². The number of aliphatic hydroxyl groups excluding tert-OH is 1. The van der Waals surface area contributed by atoms with E-state index in [-0.39, 0.29) is 11.5 Å². The van der Waals surface area contributed by atoms with Crippen LogP contribution in [0.5, 0.6) is 0 Å². The van der Waals surface area contributed by atoms with Gasteiger partial charge in [-0.15, -0.1) is 0 Å². The molecule has 128 valence electrons. The van der Waals surface area contributed by atoms with Gasteiger partial charge < -0.3 is 14.9 Å². The topological polar surface area (TPSA) is 52.5 Å². The minimum Gasteiger partial charge on any atom is -0.392 e. The zero-order valence-corrected chi connectivity index (χ0v) is 14.8. The Morgan fingerprint density at radius 3 is 2.91 bits per heavy atom. The van der Waals surface area contributed by atoms with Crippen molar-refractivity contribution in [3.63, 3.8) is 0 Å². The number of likely N-dealkylation sites (tertiary alicyclic amines) is 1. The fourth-order valence-electron chi connectivity index (χ4n) is 4.29. The summed E-state index contributed by atoms with van der Waals surface area (Å²) in [6, 6.07) is 2.15. The van der Waals surface area contributed by atoms with Crippen molar-refractivity contribution in [3.05, 3.63) is 17.6 Å². The SMILES string of the molecule is CCCc1cc(N2CCC[C@]3(CN(C)CC[C@@H]3O)C2)nc(C)n1. The van der Waals surface area contributed by atoms with Crippen LogP contribution in [0, 0.1) is 12.3 Å². The van der Waals surface area contributed by atoms with Gasteiger partial charge in [0.1, 0.15) is 11.6 Å². The molecule has 2 atom stereocenters. The normalized spacial score (nSPS) is 29.2. The third-order valence-corrected chi connectivity index (χ3v) is 5.39. The molecule has 0 bridgehead atoms. The van der Waals surface area contributed by atoms with Crippen LogP contribution in [0.1, 0.15) is 44.1 Å². The number of rotatable bonds is 3. The Bertz CT molecular complexity index is 550. The summed E-state index contributed by atoms with van der Waals surface area (Å²) in [7, 11) is 2.17. The number of hydrogen-bond donors (Lipinski definition) is 1. The third kappa shape index (κ3) is 3.50. The third-order valence-electron chi connectivity index (χ3n) is 5.39. The number of piperidine rings is 2. The highest BCUT2D eigenvalue weighted by molar-refractivity contribution is 5.41. The van der Waals surface area contributed by atoms with Crippen LogP contribution in [-0.4, -0.2) is 59.3 Å². The molecule has 0 saturated carbocycles. The molecule has 2 fully saturated rings. The zero-order valence-electron chi connectivity index (χ0n) is 14.8. The maximum atomic E-state index is 10.7. The molecule has 23 heavy (non-hydrogen) atoms. The molecular weight excluding hydrogens is 288 g/mol. The van der Waals surface area contributed by atoms with Crippen LogP contribution >= 0.6 is 0 Å². The summed E-state index contributed by atoms with van der Waals surface area (Å²) in [5.74, 6) is 1.90. The first-order valence-electron chi connectivity index (χ1n) is 8.98. The summed E-state index contributed by atoms with van der Waals surface area (Å²) in [4.78, 5) is 14.0. The lowest BCUT2D eigenvalue weighted by Crippen LogP contribution is -2.58. The van der Waals surface area contributed by atoms with E-state index in [0.717, 1.165) is 75.6 Å². The minimum absolute atomic E-state index is 0.00494. The Morgan fingerprint density at radius 1 is 1.30 bits per heavy atom. The summed E-state index contributed by atoms with van der Waals surface area (Å²) in [6.07, 6.45) is 5.02. The van der Waals surface area contributed by atoms with E-state index in [4.69, 9.17) is 0 Å². The number of aryl methyl sites for hydroxylation is 2. The maximum Gasteiger partial charge on any atom is 0.132 e. The molecule has 1 spiro atoms. The monoisotopic (exact) mass is 318 g/mol. The molecule has 0 aliphatic carbocycles. The van der Waals surface area contributed by atoms with Crippen molar-refractivity contribution in [2.45, 2.75) is 52.1 Å². The van der Waals surface area contributed by atoms with Crippen molar-refractivity contribution in [2.75, 3.05) is 38.1 Å². The summed E-state index contributed by atoms with van der Waals surface area (Å²) in [5, 5.41) is 10.7. The minimum atomic E-state index is -0.195. The molecular formula is C18H30N4O. The fraction of sp³-hybridized carbons (Fsp3) is 0.778. The lowest BCUT2D eigenvalue weighted by Gasteiger charge is -2.50. The van der Waals surface area contributed by atoms with Crippen molar-refractivity contribution >= 4 is 5.82 Å². The highest BCUT2D eigenvalue weighted by Crippen LogP contribution is 2.39. The van der Waals surface area contributed by atoms with Gasteiger partial charge in [-0.25, -0.2) is 9.97 Å². The molecule has 0 aromatic carbocycles. The average Bonchev–Trinajstić information content (AvgIpc) is 2.51. The first-order chi connectivity index (χ1) is 11.0. The molecule has 0 unspecified atom stereocenters. The lowest BCUT2D eigenvalue weighted by molar-refractivity contribution is -0.0466. The average molecular weight is 318 g/mol. The smallest absolute Gasteiger partial charge is 0.132 e. The van der Waals surface area contributed by atoms with Crippen molar-refractivity contribution in [2.24, 2.45) is 5.41 Å². The molecule has 5 heteroatoms. The highest BCUT2D eigenvalue weighted by Gasteiger charge is 2.45. The summed E-state index contributed by atoms with van der Waals surface area (Å²) < 4.78 is 0. The maximum absolute atomic E-state index is 10.7. The molecule has 2 saturated heterocycles. The summed E-state index contributed by atoms with van der Waals surface area (Å²) in [6.45, 7) is 8.07. The van der Waals surface area contributed by atoms with Gasteiger partial charge in [0.2, 0.25) is 0 Å². The molecule has 2 aliphatic heterocycles. The molecule has 3 heterocycles. The highest BCUT2D eigenvalue weighted by atomic mass is 16.3. The van der Waals surface area contributed by atoms with Gasteiger partial charge in [0, 0.05) is 43.4 Å². The van der Waals surface area contributed by atoms with Gasteiger partial charge in [-0.3, -0.25) is 0 Å². The number of hydrogen-bond acceptors (Lipinski definition) is 5. The Labute approximate surface area is 139 Å². The second-order valence-electron chi connectivity index (χ2n) is 7.44. The molecule has 0 amide bonds. The molecule has 2 aliphatic rings. The predicted octanol–water partition coefficient (Wildman–Crippen LogP) is 2.02. The van der Waals surface area contributed by atoms with Gasteiger partial charge in [-0.1, -0.05) is 13.3 Å². The van der Waals surface area contributed by atoms with E-state index in [0.29, 0.717) is 0 Å². The Balaban J connectivity index is 1.83. The number of nitrogens with zero attached hydrogens (tertiary/aromatic N) is 4.